The third kappa shape index (κ3) is 4.15. The van der Waals surface area contributed by atoms with Crippen molar-refractivity contribution in [1.29, 1.82) is 5.26 Å². The van der Waals surface area contributed by atoms with Crippen molar-refractivity contribution in [3.05, 3.63) is 42.1 Å². The first-order valence-electron chi connectivity index (χ1n) is 10.5. The van der Waals surface area contributed by atoms with Gasteiger partial charge in [-0.1, -0.05) is 31.0 Å². The van der Waals surface area contributed by atoms with Crippen LogP contribution in [0.2, 0.25) is 0 Å². The molecule has 1 heterocycles. The maximum atomic E-state index is 12.9. The summed E-state index contributed by atoms with van der Waals surface area (Å²) in [5.41, 5.74) is 7.24. The number of amides is 2. The zero-order valence-electron chi connectivity index (χ0n) is 16.8. The van der Waals surface area contributed by atoms with Gasteiger partial charge in [0.05, 0.1) is 23.9 Å². The van der Waals surface area contributed by atoms with E-state index in [1.165, 1.54) is 10.9 Å². The second-order valence-corrected chi connectivity index (χ2v) is 8.11. The SMILES string of the molecule is N#CC(NC(=O)C1CCCCC1NC(=O)c1cnn(-c2ccccc2)c1N)C1CC1. The van der Waals surface area contributed by atoms with Gasteiger partial charge in [-0.2, -0.15) is 10.4 Å². The highest BCUT2D eigenvalue weighted by Gasteiger charge is 2.37. The van der Waals surface area contributed by atoms with Crippen molar-refractivity contribution in [2.75, 3.05) is 5.73 Å². The number of nitriles is 1. The fourth-order valence-corrected chi connectivity index (χ4v) is 4.12. The highest BCUT2D eigenvalue weighted by atomic mass is 16.2. The van der Waals surface area contributed by atoms with E-state index in [1.54, 1.807) is 0 Å². The molecule has 8 nitrogen and oxygen atoms in total. The Morgan fingerprint density at radius 3 is 2.60 bits per heavy atom. The van der Waals surface area contributed by atoms with Crippen LogP contribution in [0.3, 0.4) is 0 Å². The molecule has 1 aromatic heterocycles. The molecule has 4 rings (SSSR count). The maximum absolute atomic E-state index is 12.9. The van der Waals surface area contributed by atoms with E-state index in [9.17, 15) is 14.9 Å². The zero-order valence-corrected chi connectivity index (χ0v) is 16.8. The van der Waals surface area contributed by atoms with E-state index >= 15 is 0 Å². The lowest BCUT2D eigenvalue weighted by Crippen LogP contribution is -2.50. The van der Waals surface area contributed by atoms with Crippen LogP contribution in [-0.4, -0.2) is 33.7 Å². The molecule has 2 saturated carbocycles. The Morgan fingerprint density at radius 1 is 1.17 bits per heavy atom. The van der Waals surface area contributed by atoms with Crippen LogP contribution in [-0.2, 0) is 4.79 Å². The van der Waals surface area contributed by atoms with Gasteiger partial charge in [0.15, 0.2) is 0 Å². The number of nitrogens with two attached hydrogens (primary N) is 1. The molecule has 0 saturated heterocycles. The predicted octanol–water partition coefficient (Wildman–Crippen LogP) is 2.16. The van der Waals surface area contributed by atoms with Crippen molar-refractivity contribution < 1.29 is 9.59 Å². The average molecular weight is 406 g/mol. The summed E-state index contributed by atoms with van der Waals surface area (Å²) in [7, 11) is 0. The number of nitrogen functional groups attached to an aromatic ring is 1. The molecule has 2 fully saturated rings. The standard InChI is InChI=1S/C22H26N6O2/c23-12-19(14-10-11-14)27-21(29)16-8-4-5-9-18(16)26-22(30)17-13-25-28(20(17)24)15-6-2-1-3-7-15/h1-3,6-7,13-14,16,18-19H,4-5,8-11,24H2,(H,26,30)(H,27,29). The summed E-state index contributed by atoms with van der Waals surface area (Å²) in [6.07, 6.45) is 6.70. The number of carbonyl (C=O) groups excluding carboxylic acids is 2. The number of benzene rings is 1. The lowest BCUT2D eigenvalue weighted by atomic mass is 9.83. The first-order valence-corrected chi connectivity index (χ1v) is 10.5. The van der Waals surface area contributed by atoms with Crippen molar-refractivity contribution in [3.8, 4) is 11.8 Å². The van der Waals surface area contributed by atoms with Gasteiger partial charge in [-0.05, 0) is 43.7 Å². The molecule has 30 heavy (non-hydrogen) atoms. The number of carbonyl (C=O) groups is 2. The van der Waals surface area contributed by atoms with E-state index in [0.29, 0.717) is 6.42 Å². The van der Waals surface area contributed by atoms with Crippen LogP contribution >= 0.6 is 0 Å². The van der Waals surface area contributed by atoms with Crippen LogP contribution < -0.4 is 16.4 Å². The van der Waals surface area contributed by atoms with Crippen LogP contribution in [0.4, 0.5) is 5.82 Å². The van der Waals surface area contributed by atoms with Crippen LogP contribution in [0.1, 0.15) is 48.9 Å². The number of nitrogens with one attached hydrogen (secondary N) is 2. The van der Waals surface area contributed by atoms with Crippen LogP contribution in [0.5, 0.6) is 0 Å². The highest BCUT2D eigenvalue weighted by Crippen LogP contribution is 2.33. The third-order valence-electron chi connectivity index (χ3n) is 6.00. The van der Waals surface area contributed by atoms with Gasteiger partial charge < -0.3 is 16.4 Å². The summed E-state index contributed by atoms with van der Waals surface area (Å²) in [6, 6.07) is 10.8. The minimum atomic E-state index is -0.435. The van der Waals surface area contributed by atoms with Gasteiger partial charge in [-0.15, -0.1) is 0 Å². The molecule has 0 aliphatic heterocycles. The molecule has 4 N–H and O–H groups in total. The first-order chi connectivity index (χ1) is 14.6. The zero-order chi connectivity index (χ0) is 21.1. The Bertz CT molecular complexity index is 960. The summed E-state index contributed by atoms with van der Waals surface area (Å²) >= 11 is 0. The van der Waals surface area contributed by atoms with Crippen molar-refractivity contribution in [1.82, 2.24) is 20.4 Å². The fourth-order valence-electron chi connectivity index (χ4n) is 4.12. The van der Waals surface area contributed by atoms with Gasteiger partial charge in [-0.25, -0.2) is 4.68 Å². The van der Waals surface area contributed by atoms with Crippen LogP contribution in [0.25, 0.3) is 5.69 Å². The summed E-state index contributed by atoms with van der Waals surface area (Å²) in [6.45, 7) is 0. The number of para-hydroxylation sites is 1. The van der Waals surface area contributed by atoms with Crippen LogP contribution in [0.15, 0.2) is 36.5 Å². The number of hydrogen-bond donors (Lipinski definition) is 3. The van der Waals surface area contributed by atoms with E-state index in [2.05, 4.69) is 21.8 Å². The molecule has 2 aliphatic carbocycles. The number of hydrogen-bond acceptors (Lipinski definition) is 5. The first kappa shape index (κ1) is 20.0. The lowest BCUT2D eigenvalue weighted by Gasteiger charge is -2.31. The Kier molecular flexibility index (Phi) is 5.70. The summed E-state index contributed by atoms with van der Waals surface area (Å²) in [4.78, 5) is 25.7. The molecule has 8 heteroatoms. The number of rotatable bonds is 6. The summed E-state index contributed by atoms with van der Waals surface area (Å²) in [5, 5.41) is 19.4. The van der Waals surface area contributed by atoms with Gasteiger partial charge >= 0.3 is 0 Å². The molecule has 0 spiro atoms. The molecule has 1 aromatic carbocycles. The van der Waals surface area contributed by atoms with Crippen molar-refractivity contribution in [2.45, 2.75) is 50.6 Å². The maximum Gasteiger partial charge on any atom is 0.256 e. The van der Waals surface area contributed by atoms with Crippen LogP contribution in [0, 0.1) is 23.2 Å². The molecule has 156 valence electrons. The Balaban J connectivity index is 1.45. The minimum absolute atomic E-state index is 0.147. The number of aromatic nitrogens is 2. The van der Waals surface area contributed by atoms with Gasteiger partial charge in [-0.3, -0.25) is 9.59 Å². The quantitative estimate of drug-likeness (QED) is 0.678. The molecular weight excluding hydrogens is 380 g/mol. The van der Waals surface area contributed by atoms with Gasteiger partial charge in [0.25, 0.3) is 5.91 Å². The Morgan fingerprint density at radius 2 is 1.90 bits per heavy atom. The molecule has 3 atom stereocenters. The van der Waals surface area contributed by atoms with Gasteiger partial charge in [0, 0.05) is 6.04 Å². The summed E-state index contributed by atoms with van der Waals surface area (Å²) in [5.74, 6) is -0.305. The Labute approximate surface area is 175 Å². The molecule has 2 aliphatic rings. The van der Waals surface area contributed by atoms with E-state index < -0.39 is 6.04 Å². The highest BCUT2D eigenvalue weighted by molar-refractivity contribution is 5.99. The monoisotopic (exact) mass is 406 g/mol. The number of nitrogens with zero attached hydrogens (tertiary/aromatic N) is 3. The minimum Gasteiger partial charge on any atom is -0.383 e. The second-order valence-electron chi connectivity index (χ2n) is 8.11. The third-order valence-corrected chi connectivity index (χ3v) is 6.00. The second kappa shape index (κ2) is 8.57. The Hall–Kier alpha value is -3.34. The smallest absolute Gasteiger partial charge is 0.256 e. The van der Waals surface area contributed by atoms with E-state index in [-0.39, 0.29) is 41.1 Å². The predicted molar refractivity (Wildman–Crippen MR) is 111 cm³/mol. The molecule has 0 bridgehead atoms. The molecule has 2 amide bonds. The van der Waals surface area contributed by atoms with E-state index in [1.807, 2.05) is 30.3 Å². The van der Waals surface area contributed by atoms with Crippen molar-refractivity contribution in [3.63, 3.8) is 0 Å². The average Bonchev–Trinajstić information content (AvgIpc) is 3.54. The van der Waals surface area contributed by atoms with Gasteiger partial charge in [0.1, 0.15) is 17.4 Å². The molecule has 0 radical (unpaired) electrons. The van der Waals surface area contributed by atoms with Crippen molar-refractivity contribution in [2.24, 2.45) is 11.8 Å². The topological polar surface area (TPSA) is 126 Å². The van der Waals surface area contributed by atoms with E-state index in [0.717, 1.165) is 37.8 Å². The molecular formula is C22H26N6O2. The normalized spacial score (nSPS) is 22.0. The lowest BCUT2D eigenvalue weighted by molar-refractivity contribution is -0.127. The molecule has 3 unspecified atom stereocenters. The largest absolute Gasteiger partial charge is 0.383 e. The summed E-state index contributed by atoms with van der Waals surface area (Å²) < 4.78 is 1.52. The van der Waals surface area contributed by atoms with Gasteiger partial charge in [0.2, 0.25) is 5.91 Å². The number of anilines is 1. The fraction of sp³-hybridized carbons (Fsp3) is 0.455. The molecule has 2 aromatic rings. The van der Waals surface area contributed by atoms with Crippen molar-refractivity contribution >= 4 is 17.6 Å². The van der Waals surface area contributed by atoms with E-state index in [4.69, 9.17) is 5.73 Å².